The summed E-state index contributed by atoms with van der Waals surface area (Å²) in [6, 6.07) is 2.57. The van der Waals surface area contributed by atoms with Gasteiger partial charge in [0, 0.05) is 18.3 Å². The maximum atomic E-state index is 10.3. The second kappa shape index (κ2) is 5.54. The van der Waals surface area contributed by atoms with Crippen molar-refractivity contribution >= 4 is 23.1 Å². The number of hydrogen-bond donors (Lipinski definition) is 2. The van der Waals surface area contributed by atoms with E-state index >= 15 is 0 Å². The van der Waals surface area contributed by atoms with Crippen LogP contribution in [0.3, 0.4) is 0 Å². The summed E-state index contributed by atoms with van der Waals surface area (Å²) in [6.45, 7) is 2.53. The van der Waals surface area contributed by atoms with Crippen molar-refractivity contribution in [2.75, 3.05) is 18.1 Å². The molecule has 0 bridgehead atoms. The van der Waals surface area contributed by atoms with Crippen molar-refractivity contribution in [3.63, 3.8) is 0 Å². The highest BCUT2D eigenvalue weighted by Crippen LogP contribution is 2.23. The first-order chi connectivity index (χ1) is 7.68. The molecular weight excluding hydrogens is 238 g/mol. The summed E-state index contributed by atoms with van der Waals surface area (Å²) in [5.74, 6) is 2.47. The third kappa shape index (κ3) is 3.23. The molecule has 1 fully saturated rings. The fourth-order valence-electron chi connectivity index (χ4n) is 1.92. The van der Waals surface area contributed by atoms with Gasteiger partial charge in [-0.05, 0) is 47.9 Å². The molecule has 2 rings (SSSR count). The summed E-state index contributed by atoms with van der Waals surface area (Å²) < 4.78 is 0. The zero-order valence-electron chi connectivity index (χ0n) is 9.61. The summed E-state index contributed by atoms with van der Waals surface area (Å²) in [7, 11) is 0. The lowest BCUT2D eigenvalue weighted by Gasteiger charge is -2.28. The predicted octanol–water partition coefficient (Wildman–Crippen LogP) is 2.44. The molecule has 0 spiro atoms. The fourth-order valence-corrected chi connectivity index (χ4v) is 3.81. The summed E-state index contributed by atoms with van der Waals surface area (Å²) in [5, 5.41) is 17.9. The molecule has 1 aliphatic heterocycles. The average Bonchev–Trinajstić information content (AvgIpc) is 2.82. The molecular formula is C12H19NOS2. The lowest BCUT2D eigenvalue weighted by Crippen LogP contribution is -2.42. The highest BCUT2D eigenvalue weighted by Gasteiger charge is 2.25. The standard InChI is InChI=1S/C12H19NOS2/c1-12(14,10-4-6-16-7-10)9-13-11-3-2-5-15-8-11/h4,6-7,11,13-14H,2-3,5,8-9H2,1H3. The van der Waals surface area contributed by atoms with Crippen LogP contribution >= 0.6 is 23.1 Å². The van der Waals surface area contributed by atoms with Crippen LogP contribution in [0.1, 0.15) is 25.3 Å². The van der Waals surface area contributed by atoms with E-state index in [0.29, 0.717) is 12.6 Å². The quantitative estimate of drug-likeness (QED) is 0.869. The van der Waals surface area contributed by atoms with Gasteiger partial charge < -0.3 is 10.4 Å². The van der Waals surface area contributed by atoms with Crippen molar-refractivity contribution in [2.24, 2.45) is 0 Å². The van der Waals surface area contributed by atoms with E-state index in [1.165, 1.54) is 24.3 Å². The van der Waals surface area contributed by atoms with Crippen LogP contribution in [0.15, 0.2) is 16.8 Å². The number of aliphatic hydroxyl groups is 1. The van der Waals surface area contributed by atoms with Gasteiger partial charge in [-0.2, -0.15) is 23.1 Å². The molecule has 1 aromatic heterocycles. The molecule has 0 saturated carbocycles. The molecule has 1 aromatic rings. The van der Waals surface area contributed by atoms with E-state index in [1.54, 1.807) is 11.3 Å². The molecule has 1 saturated heterocycles. The average molecular weight is 257 g/mol. The Morgan fingerprint density at radius 2 is 2.50 bits per heavy atom. The van der Waals surface area contributed by atoms with Crippen LogP contribution in [0.5, 0.6) is 0 Å². The van der Waals surface area contributed by atoms with Gasteiger partial charge in [-0.15, -0.1) is 0 Å². The van der Waals surface area contributed by atoms with Gasteiger partial charge in [0.15, 0.2) is 0 Å². The Labute approximate surface area is 105 Å². The molecule has 16 heavy (non-hydrogen) atoms. The Hall–Kier alpha value is -0.0300. The molecule has 2 heterocycles. The summed E-state index contributed by atoms with van der Waals surface area (Å²) in [4.78, 5) is 0. The van der Waals surface area contributed by atoms with Crippen molar-refractivity contribution in [2.45, 2.75) is 31.4 Å². The van der Waals surface area contributed by atoms with Crippen LogP contribution in [-0.2, 0) is 5.60 Å². The number of hydrogen-bond acceptors (Lipinski definition) is 4. The van der Waals surface area contributed by atoms with E-state index in [1.807, 2.05) is 35.5 Å². The first kappa shape index (κ1) is 12.4. The minimum Gasteiger partial charge on any atom is -0.384 e. The van der Waals surface area contributed by atoms with Crippen LogP contribution in [0.25, 0.3) is 0 Å². The first-order valence-electron chi connectivity index (χ1n) is 5.75. The van der Waals surface area contributed by atoms with Gasteiger partial charge in [0.05, 0.1) is 5.60 Å². The van der Waals surface area contributed by atoms with E-state index in [-0.39, 0.29) is 0 Å². The zero-order chi connectivity index (χ0) is 11.4. The van der Waals surface area contributed by atoms with E-state index < -0.39 is 5.60 Å². The highest BCUT2D eigenvalue weighted by molar-refractivity contribution is 7.99. The summed E-state index contributed by atoms with van der Waals surface area (Å²) in [6.07, 6.45) is 2.54. The van der Waals surface area contributed by atoms with Crippen molar-refractivity contribution in [1.29, 1.82) is 0 Å². The lowest BCUT2D eigenvalue weighted by molar-refractivity contribution is 0.0546. The number of rotatable bonds is 4. The van der Waals surface area contributed by atoms with Gasteiger partial charge in [0.1, 0.15) is 0 Å². The normalized spacial score (nSPS) is 25.2. The second-order valence-corrected chi connectivity index (χ2v) is 6.51. The molecule has 2 unspecified atom stereocenters. The van der Waals surface area contributed by atoms with E-state index in [9.17, 15) is 5.11 Å². The molecule has 90 valence electrons. The van der Waals surface area contributed by atoms with Gasteiger partial charge in [0.25, 0.3) is 0 Å². The molecule has 1 aliphatic rings. The van der Waals surface area contributed by atoms with Crippen molar-refractivity contribution in [3.05, 3.63) is 22.4 Å². The predicted molar refractivity (Wildman–Crippen MR) is 72.2 cm³/mol. The third-order valence-electron chi connectivity index (χ3n) is 3.04. The van der Waals surface area contributed by atoms with Gasteiger partial charge in [0.2, 0.25) is 0 Å². The van der Waals surface area contributed by atoms with Crippen LogP contribution in [-0.4, -0.2) is 29.2 Å². The van der Waals surface area contributed by atoms with E-state index in [2.05, 4.69) is 5.32 Å². The van der Waals surface area contributed by atoms with Crippen LogP contribution in [0.4, 0.5) is 0 Å². The maximum absolute atomic E-state index is 10.3. The molecule has 0 amide bonds. The SMILES string of the molecule is CC(O)(CNC1CCCSC1)c1ccsc1. The minimum atomic E-state index is -0.734. The molecule has 0 aromatic carbocycles. The van der Waals surface area contributed by atoms with E-state index in [4.69, 9.17) is 0 Å². The minimum absolute atomic E-state index is 0.573. The van der Waals surface area contributed by atoms with Gasteiger partial charge in [-0.1, -0.05) is 0 Å². The largest absolute Gasteiger partial charge is 0.384 e. The van der Waals surface area contributed by atoms with Crippen LogP contribution in [0, 0.1) is 0 Å². The molecule has 2 nitrogen and oxygen atoms in total. The Balaban J connectivity index is 1.84. The van der Waals surface area contributed by atoms with Crippen LogP contribution < -0.4 is 5.32 Å². The fraction of sp³-hybridized carbons (Fsp3) is 0.667. The van der Waals surface area contributed by atoms with E-state index in [0.717, 1.165) is 5.56 Å². The third-order valence-corrected chi connectivity index (χ3v) is 4.94. The topological polar surface area (TPSA) is 32.3 Å². The number of nitrogens with one attached hydrogen (secondary N) is 1. The Kier molecular flexibility index (Phi) is 4.30. The number of thioether (sulfide) groups is 1. The van der Waals surface area contributed by atoms with Crippen LogP contribution in [0.2, 0.25) is 0 Å². The molecule has 4 heteroatoms. The van der Waals surface area contributed by atoms with Gasteiger partial charge >= 0.3 is 0 Å². The van der Waals surface area contributed by atoms with Crippen molar-refractivity contribution < 1.29 is 5.11 Å². The summed E-state index contributed by atoms with van der Waals surface area (Å²) >= 11 is 3.65. The van der Waals surface area contributed by atoms with Gasteiger partial charge in [-0.25, -0.2) is 0 Å². The Bertz CT molecular complexity index is 305. The number of thiophene rings is 1. The molecule has 2 atom stereocenters. The smallest absolute Gasteiger partial charge is 0.1000 e. The van der Waals surface area contributed by atoms with Gasteiger partial charge in [-0.3, -0.25) is 0 Å². The molecule has 2 N–H and O–H groups in total. The first-order valence-corrected chi connectivity index (χ1v) is 7.84. The van der Waals surface area contributed by atoms with Crippen molar-refractivity contribution in [1.82, 2.24) is 5.32 Å². The monoisotopic (exact) mass is 257 g/mol. The highest BCUT2D eigenvalue weighted by atomic mass is 32.2. The maximum Gasteiger partial charge on any atom is 0.1000 e. The lowest BCUT2D eigenvalue weighted by atomic mass is 9.98. The second-order valence-electron chi connectivity index (χ2n) is 4.58. The Morgan fingerprint density at radius 3 is 3.12 bits per heavy atom. The summed E-state index contributed by atoms with van der Waals surface area (Å²) in [5.41, 5.74) is 0.288. The molecule has 0 radical (unpaired) electrons. The van der Waals surface area contributed by atoms with Crippen molar-refractivity contribution in [3.8, 4) is 0 Å². The Morgan fingerprint density at radius 1 is 1.62 bits per heavy atom. The molecule has 0 aliphatic carbocycles. The zero-order valence-corrected chi connectivity index (χ0v) is 11.2.